The predicted octanol–water partition coefficient (Wildman–Crippen LogP) is 1.21. The molecule has 0 saturated heterocycles. The summed E-state index contributed by atoms with van der Waals surface area (Å²) in [5.74, 6) is -0.204. The van der Waals surface area contributed by atoms with Crippen LogP contribution in [0.1, 0.15) is 38.5 Å². The van der Waals surface area contributed by atoms with Crippen LogP contribution in [0.25, 0.3) is 0 Å². The van der Waals surface area contributed by atoms with E-state index in [0.717, 1.165) is 32.1 Å². The Kier molecular flexibility index (Phi) is 1.88. The summed E-state index contributed by atoms with van der Waals surface area (Å²) in [7, 11) is 1.43. The summed E-state index contributed by atoms with van der Waals surface area (Å²) in [4.78, 5) is 11.6. The van der Waals surface area contributed by atoms with Gasteiger partial charge in [-0.1, -0.05) is 12.8 Å². The number of hydrogen-bond donors (Lipinski definition) is 1. The number of hydrogen-bond acceptors (Lipinski definition) is 3. The highest BCUT2D eigenvalue weighted by Gasteiger charge is 2.60. The van der Waals surface area contributed by atoms with Gasteiger partial charge in [0.1, 0.15) is 5.54 Å². The summed E-state index contributed by atoms with van der Waals surface area (Å²) in [6, 6.07) is 0. The van der Waals surface area contributed by atoms with Crippen molar-refractivity contribution in [3.63, 3.8) is 0 Å². The van der Waals surface area contributed by atoms with E-state index in [9.17, 15) is 4.79 Å². The van der Waals surface area contributed by atoms with E-state index in [4.69, 9.17) is 10.5 Å². The van der Waals surface area contributed by atoms with Crippen molar-refractivity contribution < 1.29 is 9.53 Å². The summed E-state index contributed by atoms with van der Waals surface area (Å²) in [6.45, 7) is 0. The lowest BCUT2D eigenvalue weighted by Gasteiger charge is -2.48. The highest BCUT2D eigenvalue weighted by Crippen LogP contribution is 2.58. The monoisotopic (exact) mass is 183 g/mol. The van der Waals surface area contributed by atoms with Crippen molar-refractivity contribution in [3.05, 3.63) is 0 Å². The predicted molar refractivity (Wildman–Crippen MR) is 49.1 cm³/mol. The first kappa shape index (κ1) is 9.00. The minimum atomic E-state index is -0.667. The van der Waals surface area contributed by atoms with Crippen LogP contribution in [0, 0.1) is 5.41 Å². The molecule has 1 unspecified atom stereocenters. The number of esters is 1. The van der Waals surface area contributed by atoms with E-state index in [1.807, 2.05) is 0 Å². The Morgan fingerprint density at radius 3 is 2.23 bits per heavy atom. The molecule has 1 spiro atoms. The summed E-state index contributed by atoms with van der Waals surface area (Å²) >= 11 is 0. The van der Waals surface area contributed by atoms with Gasteiger partial charge in [0.15, 0.2) is 0 Å². The minimum absolute atomic E-state index is 0.0973. The molecule has 13 heavy (non-hydrogen) atoms. The molecule has 2 aliphatic rings. The van der Waals surface area contributed by atoms with Crippen LogP contribution < -0.4 is 5.73 Å². The van der Waals surface area contributed by atoms with Crippen LogP contribution in [0.4, 0.5) is 0 Å². The van der Waals surface area contributed by atoms with Crippen LogP contribution in [0.5, 0.6) is 0 Å². The zero-order valence-corrected chi connectivity index (χ0v) is 8.14. The summed E-state index contributed by atoms with van der Waals surface area (Å²) in [5, 5.41) is 0. The van der Waals surface area contributed by atoms with E-state index in [0.29, 0.717) is 0 Å². The van der Waals surface area contributed by atoms with Crippen molar-refractivity contribution in [1.82, 2.24) is 0 Å². The van der Waals surface area contributed by atoms with Gasteiger partial charge in [0.25, 0.3) is 0 Å². The molecule has 74 valence electrons. The quantitative estimate of drug-likeness (QED) is 0.622. The maximum absolute atomic E-state index is 11.6. The van der Waals surface area contributed by atoms with Crippen molar-refractivity contribution in [3.8, 4) is 0 Å². The third-order valence-corrected chi connectivity index (χ3v) is 4.03. The molecule has 0 bridgehead atoms. The van der Waals surface area contributed by atoms with Gasteiger partial charge in [-0.3, -0.25) is 4.79 Å². The van der Waals surface area contributed by atoms with E-state index in [1.54, 1.807) is 0 Å². The second kappa shape index (κ2) is 2.71. The van der Waals surface area contributed by atoms with Gasteiger partial charge >= 0.3 is 5.97 Å². The van der Waals surface area contributed by atoms with Gasteiger partial charge in [0.05, 0.1) is 7.11 Å². The summed E-state index contributed by atoms with van der Waals surface area (Å²) in [6.07, 6.45) is 6.43. The molecule has 0 amide bonds. The topological polar surface area (TPSA) is 52.3 Å². The first-order valence-corrected chi connectivity index (χ1v) is 5.02. The number of rotatable bonds is 1. The number of carbonyl (C=O) groups is 1. The van der Waals surface area contributed by atoms with Crippen LogP contribution in [-0.4, -0.2) is 18.6 Å². The SMILES string of the molecule is COC(=O)C1(N)CCCC12CCC2. The highest BCUT2D eigenvalue weighted by molar-refractivity contribution is 5.82. The molecule has 3 heteroatoms. The zero-order chi connectivity index (χ0) is 9.53. The first-order valence-electron chi connectivity index (χ1n) is 5.02. The second-order valence-electron chi connectivity index (χ2n) is 4.45. The number of carbonyl (C=O) groups excluding carboxylic acids is 1. The van der Waals surface area contributed by atoms with Crippen LogP contribution in [0.2, 0.25) is 0 Å². The van der Waals surface area contributed by atoms with Crippen molar-refractivity contribution in [2.24, 2.45) is 11.1 Å². The Morgan fingerprint density at radius 2 is 1.77 bits per heavy atom. The van der Waals surface area contributed by atoms with Gasteiger partial charge < -0.3 is 10.5 Å². The van der Waals surface area contributed by atoms with Gasteiger partial charge in [-0.25, -0.2) is 0 Å². The summed E-state index contributed by atoms with van der Waals surface area (Å²) < 4.78 is 4.80. The summed E-state index contributed by atoms with van der Waals surface area (Å²) in [5.41, 5.74) is 5.61. The molecule has 0 aromatic carbocycles. The van der Waals surface area contributed by atoms with Gasteiger partial charge in [-0.05, 0) is 31.1 Å². The fraction of sp³-hybridized carbons (Fsp3) is 0.900. The molecule has 0 aromatic heterocycles. The van der Waals surface area contributed by atoms with Crippen molar-refractivity contribution >= 4 is 5.97 Å². The molecule has 0 aromatic rings. The Morgan fingerprint density at radius 1 is 1.23 bits per heavy atom. The molecule has 2 saturated carbocycles. The van der Waals surface area contributed by atoms with E-state index in [2.05, 4.69) is 0 Å². The number of ether oxygens (including phenoxy) is 1. The van der Waals surface area contributed by atoms with E-state index in [-0.39, 0.29) is 11.4 Å². The molecule has 2 N–H and O–H groups in total. The van der Waals surface area contributed by atoms with E-state index < -0.39 is 5.54 Å². The Balaban J connectivity index is 2.24. The second-order valence-corrected chi connectivity index (χ2v) is 4.45. The van der Waals surface area contributed by atoms with Crippen molar-refractivity contribution in [1.29, 1.82) is 0 Å². The smallest absolute Gasteiger partial charge is 0.326 e. The average molecular weight is 183 g/mol. The Bertz CT molecular complexity index is 235. The van der Waals surface area contributed by atoms with E-state index >= 15 is 0 Å². The molecule has 0 heterocycles. The van der Waals surface area contributed by atoms with Crippen LogP contribution in [0.15, 0.2) is 0 Å². The third-order valence-electron chi connectivity index (χ3n) is 4.03. The van der Waals surface area contributed by atoms with Crippen LogP contribution in [-0.2, 0) is 9.53 Å². The normalized spacial score (nSPS) is 35.8. The lowest BCUT2D eigenvalue weighted by Crippen LogP contribution is -2.60. The molecule has 3 nitrogen and oxygen atoms in total. The Labute approximate surface area is 78.6 Å². The van der Waals surface area contributed by atoms with Gasteiger partial charge in [0, 0.05) is 0 Å². The van der Waals surface area contributed by atoms with Crippen LogP contribution >= 0.6 is 0 Å². The molecule has 2 rings (SSSR count). The van der Waals surface area contributed by atoms with Crippen molar-refractivity contribution in [2.45, 2.75) is 44.1 Å². The largest absolute Gasteiger partial charge is 0.468 e. The maximum Gasteiger partial charge on any atom is 0.326 e. The van der Waals surface area contributed by atoms with Gasteiger partial charge in [0.2, 0.25) is 0 Å². The van der Waals surface area contributed by atoms with Gasteiger partial charge in [-0.15, -0.1) is 0 Å². The number of methoxy groups -OCH3 is 1. The molecule has 2 fully saturated rings. The molecule has 2 aliphatic carbocycles. The minimum Gasteiger partial charge on any atom is -0.468 e. The zero-order valence-electron chi connectivity index (χ0n) is 8.14. The van der Waals surface area contributed by atoms with Gasteiger partial charge in [-0.2, -0.15) is 0 Å². The first-order chi connectivity index (χ1) is 6.15. The van der Waals surface area contributed by atoms with E-state index in [1.165, 1.54) is 13.5 Å². The lowest BCUT2D eigenvalue weighted by atomic mass is 9.59. The Hall–Kier alpha value is -0.570. The molecular weight excluding hydrogens is 166 g/mol. The fourth-order valence-electron chi connectivity index (χ4n) is 2.99. The average Bonchev–Trinajstić information content (AvgIpc) is 2.42. The highest BCUT2D eigenvalue weighted by atomic mass is 16.5. The lowest BCUT2D eigenvalue weighted by molar-refractivity contribution is -0.154. The maximum atomic E-state index is 11.6. The van der Waals surface area contributed by atoms with Crippen LogP contribution in [0.3, 0.4) is 0 Å². The molecule has 1 atom stereocenters. The molecule has 0 aliphatic heterocycles. The molecule has 0 radical (unpaired) electrons. The third kappa shape index (κ3) is 0.966. The standard InChI is InChI=1S/C10H17NO2/c1-13-8(12)10(11)7-3-6-9(10)4-2-5-9/h2-7,11H2,1H3. The number of nitrogens with two attached hydrogens (primary N) is 1. The van der Waals surface area contributed by atoms with Crippen molar-refractivity contribution in [2.75, 3.05) is 7.11 Å². The fourth-order valence-corrected chi connectivity index (χ4v) is 2.99. The molecular formula is C10H17NO2.